The van der Waals surface area contributed by atoms with Crippen molar-refractivity contribution in [3.05, 3.63) is 432 Å². The summed E-state index contributed by atoms with van der Waals surface area (Å²) in [5.74, 6) is -16.8. The molecular weight excluding hydrogens is 1720 g/mol. The highest BCUT2D eigenvalue weighted by Crippen LogP contribution is 2.48. The third-order valence-corrected chi connectivity index (χ3v) is 24.4. The molecule has 0 fully saturated rings. The van der Waals surface area contributed by atoms with Gasteiger partial charge in [-0.2, -0.15) is 5.26 Å². The van der Waals surface area contributed by atoms with Crippen LogP contribution < -0.4 is 0 Å². The zero-order chi connectivity index (χ0) is 93.3. The lowest BCUT2D eigenvalue weighted by atomic mass is 9.93. The van der Waals surface area contributed by atoms with E-state index in [0.29, 0.717) is 72.7 Å². The van der Waals surface area contributed by atoms with Gasteiger partial charge in [0.1, 0.15) is 11.6 Å². The topological polar surface area (TPSA) is 144 Å². The molecule has 0 bridgehead atoms. The lowest BCUT2D eigenvalue weighted by molar-refractivity contribution is 0.381. The molecule has 0 unspecified atom stereocenters. The average Bonchev–Trinajstić information content (AvgIpc) is 0.726. The van der Waals surface area contributed by atoms with E-state index in [1.54, 1.807) is 18.2 Å². The summed E-state index contributed by atoms with van der Waals surface area (Å²) in [5.41, 5.74) is 20.8. The molecule has 6 heterocycles. The summed E-state index contributed by atoms with van der Waals surface area (Å²) in [6.45, 7) is 13.4. The number of nitriles is 1. The number of para-hydroxylation sites is 3. The average molecular weight is 1780 g/mol. The van der Waals surface area contributed by atoms with E-state index < -0.39 is 69.0 Å². The van der Waals surface area contributed by atoms with Crippen LogP contribution in [0.5, 0.6) is 0 Å². The van der Waals surface area contributed by atoms with Gasteiger partial charge >= 0.3 is 0 Å². The van der Waals surface area contributed by atoms with Crippen LogP contribution in [0.1, 0.15) is 22.3 Å². The highest BCUT2D eigenvalue weighted by Gasteiger charge is 2.32. The van der Waals surface area contributed by atoms with Crippen LogP contribution >= 0.6 is 0 Å². The van der Waals surface area contributed by atoms with Crippen molar-refractivity contribution < 1.29 is 39.5 Å². The molecule has 0 amide bonds. The van der Waals surface area contributed by atoms with E-state index in [1.165, 1.54) is 36.4 Å². The predicted molar refractivity (Wildman–Crippen MR) is 522 cm³/mol. The molecule has 0 spiro atoms. The van der Waals surface area contributed by atoms with E-state index in [1.807, 2.05) is 275 Å². The molecule has 0 N–H and O–H groups in total. The van der Waals surface area contributed by atoms with Crippen molar-refractivity contribution in [3.63, 3.8) is 0 Å². The summed E-state index contributed by atoms with van der Waals surface area (Å²) in [7, 11) is 0. The Kier molecular flexibility index (Phi) is 21.9. The molecule has 0 aliphatic heterocycles. The molecule has 20 heteroatoms. The summed E-state index contributed by atoms with van der Waals surface area (Å²) in [4.78, 5) is 50.3. The van der Waals surface area contributed by atoms with Gasteiger partial charge in [-0.05, 0) is 96.6 Å². The van der Waals surface area contributed by atoms with Gasteiger partial charge in [-0.25, -0.2) is 89.2 Å². The summed E-state index contributed by atoms with van der Waals surface area (Å²) in [6, 6.07) is 110. The van der Waals surface area contributed by atoms with Crippen molar-refractivity contribution >= 4 is 104 Å². The van der Waals surface area contributed by atoms with E-state index in [4.69, 9.17) is 56.7 Å². The number of benzene rings is 17. The van der Waals surface area contributed by atoms with Crippen molar-refractivity contribution in [2.24, 2.45) is 0 Å². The monoisotopic (exact) mass is 1780 g/mol. The van der Waals surface area contributed by atoms with Gasteiger partial charge in [-0.3, -0.25) is 0 Å². The first-order valence-electron chi connectivity index (χ1n) is 43.3. The maximum absolute atomic E-state index is 15.2. The molecule has 0 radical (unpaired) electrons. The van der Waals surface area contributed by atoms with Gasteiger partial charge in [0.25, 0.3) is 0 Å². The number of rotatable bonds is 11. The molecule has 0 atom stereocenters. The van der Waals surface area contributed by atoms with E-state index in [9.17, 15) is 30.7 Å². The lowest BCUT2D eigenvalue weighted by Gasteiger charge is -2.17. The number of aryl methyl sites for hydroxylation is 3. The number of halogens is 9. The van der Waals surface area contributed by atoms with Gasteiger partial charge in [0.05, 0.1) is 119 Å². The fourth-order valence-electron chi connectivity index (χ4n) is 18.1. The first-order valence-corrected chi connectivity index (χ1v) is 43.3. The van der Waals surface area contributed by atoms with Gasteiger partial charge in [0.2, 0.25) is 5.82 Å². The van der Waals surface area contributed by atoms with Crippen LogP contribution in [0.15, 0.2) is 346 Å². The van der Waals surface area contributed by atoms with Crippen LogP contribution in [0.2, 0.25) is 0 Å². The van der Waals surface area contributed by atoms with E-state index in [2.05, 4.69) is 48.2 Å². The molecule has 6 aromatic heterocycles. The Labute approximate surface area is 771 Å². The van der Waals surface area contributed by atoms with Crippen molar-refractivity contribution in [1.82, 2.24) is 44.9 Å². The summed E-state index contributed by atoms with van der Waals surface area (Å²) in [5, 5.41) is 17.1. The number of hydrogen-bond donors (Lipinski definition) is 0. The van der Waals surface area contributed by atoms with Gasteiger partial charge in [-0.1, -0.05) is 303 Å². The van der Waals surface area contributed by atoms with Crippen molar-refractivity contribution in [2.45, 2.75) is 20.8 Å². The van der Waals surface area contributed by atoms with Crippen molar-refractivity contribution in [3.8, 4) is 130 Å². The van der Waals surface area contributed by atoms with Gasteiger partial charge in [0.15, 0.2) is 52.2 Å². The van der Waals surface area contributed by atoms with Crippen LogP contribution in [-0.4, -0.2) is 44.9 Å². The van der Waals surface area contributed by atoms with Crippen LogP contribution in [0.25, 0.3) is 227 Å². The maximum atomic E-state index is 15.2. The third-order valence-electron chi connectivity index (χ3n) is 24.4. The Bertz CT molecular complexity index is 8870. The number of nitrogens with zero attached hydrogens (tertiary/aromatic N) is 11. The predicted octanol–water partition coefficient (Wildman–Crippen LogP) is 30.9. The minimum Gasteiger partial charge on any atom is -0.247 e. The summed E-state index contributed by atoms with van der Waals surface area (Å²) < 4.78 is 131. The highest BCUT2D eigenvalue weighted by molar-refractivity contribution is 6.25. The van der Waals surface area contributed by atoms with Crippen LogP contribution in [0.4, 0.5) is 45.2 Å². The van der Waals surface area contributed by atoms with Crippen LogP contribution in [-0.2, 0) is 0 Å². The third kappa shape index (κ3) is 14.9. The van der Waals surface area contributed by atoms with E-state index >= 15 is 8.78 Å². The Morgan fingerprint density at radius 3 is 0.787 bits per heavy atom. The number of pyridine rings is 3. The second-order valence-electron chi connectivity index (χ2n) is 32.7. The first kappa shape index (κ1) is 84.9. The van der Waals surface area contributed by atoms with E-state index in [0.717, 1.165) is 149 Å². The molecule has 0 aliphatic rings. The molecule has 0 saturated carbocycles. The fraction of sp³-hybridized carbons (Fsp3) is 0.0259. The number of aromatic nitrogens is 9. The highest BCUT2D eigenvalue weighted by atomic mass is 19.2. The Balaban J connectivity index is 0.000000123. The normalized spacial score (nSPS) is 11.4. The molecule has 11 nitrogen and oxygen atoms in total. The molecule has 648 valence electrons. The molecule has 17 aromatic carbocycles. The fourth-order valence-corrected chi connectivity index (χ4v) is 18.1. The molecule has 0 saturated heterocycles. The van der Waals surface area contributed by atoms with Crippen LogP contribution in [0, 0.1) is 91.0 Å². The summed E-state index contributed by atoms with van der Waals surface area (Å²) in [6.07, 6.45) is 0. The number of hydrogen-bond acceptors (Lipinski definition) is 10. The molecule has 136 heavy (non-hydrogen) atoms. The minimum atomic E-state index is -2.20. The standard InChI is InChI=1S/C41H22F4N4.C40H22F5N3.C35H22N4/c1-22-19-30-41(49-40(24-13-6-3-7-14-24)39(48-30)23-11-4-2-5-12-23)33-27-17-8-9-18-29(27)47-38(31(22)33)26-16-10-15-25(20-26)32-36(44)34(42)28(21-46)35(43)37(32)45;1-21-20-28-40(48-39(24-12-6-3-7-13-24)38(47-28)23-10-4-2-5-11-23)31-26-14-8-9-15-27(26)46-37(29(21)31)25-18-16-22(17-19-25)30-32(41)34(43)36(45)35(44)33(30)42;1-22-21-29-35(39-34(24-13-7-4-8-14-24)33(38-29)23-11-5-3-6-12-23)31-27-15-9-10-16-28(27)37-32(30(22)31)25-17-19-26(36-2)20-18-25/h2-20H,1H3;2-20H,1H3;3-21H,1H3. The van der Waals surface area contributed by atoms with Gasteiger partial charge in [0, 0.05) is 93.0 Å². The SMILES string of the molecule is Cc1cc2nc(-c3ccccc3)c(-c3ccccc3)nc2c2c1c(-c1ccc(-c3c(F)c(F)c(F)c(F)c3F)cc1)nc1ccccc12.Cc1cc2nc(-c3ccccc3)c(-c3ccccc3)nc2c2c1c(-c1cccc(-c3c(F)c(F)c(C#N)c(F)c3F)c1)nc1ccccc12.[C-]#[N+]c1ccc(-c2nc3ccccc3c3c2c(C)cc2nc(-c4ccccc4)c(-c4ccccc4)nc23)cc1. The van der Waals surface area contributed by atoms with Gasteiger partial charge in [-0.15, -0.1) is 0 Å². The van der Waals surface area contributed by atoms with Crippen LogP contribution in [0.3, 0.4) is 0 Å². The second kappa shape index (κ2) is 35.1. The summed E-state index contributed by atoms with van der Waals surface area (Å²) >= 11 is 0. The quantitative estimate of drug-likeness (QED) is 0.0403. The Morgan fingerprint density at radius 1 is 0.221 bits per heavy atom. The molecule has 0 aliphatic carbocycles. The number of fused-ring (bicyclic) bond motifs is 15. The minimum absolute atomic E-state index is 0.116. The molecule has 23 aromatic rings. The van der Waals surface area contributed by atoms with E-state index in [-0.39, 0.29) is 11.1 Å². The van der Waals surface area contributed by atoms with Crippen molar-refractivity contribution in [1.29, 1.82) is 5.26 Å². The molecule has 23 rings (SSSR count). The second-order valence-corrected chi connectivity index (χ2v) is 32.7. The Morgan fingerprint density at radius 2 is 0.463 bits per heavy atom. The van der Waals surface area contributed by atoms with Gasteiger partial charge < -0.3 is 0 Å². The lowest BCUT2D eigenvalue weighted by Crippen LogP contribution is -2.04. The largest absolute Gasteiger partial charge is 0.247 e. The smallest absolute Gasteiger partial charge is 0.200 e. The first-order chi connectivity index (χ1) is 66.4. The Hall–Kier alpha value is -17.9. The van der Waals surface area contributed by atoms with Crippen molar-refractivity contribution in [2.75, 3.05) is 0 Å². The zero-order valence-corrected chi connectivity index (χ0v) is 72.2. The zero-order valence-electron chi connectivity index (χ0n) is 72.2. The molecular formula is C116H66F9N11. The maximum Gasteiger partial charge on any atom is 0.200 e.